The summed E-state index contributed by atoms with van der Waals surface area (Å²) in [7, 11) is 0. The predicted molar refractivity (Wildman–Crippen MR) is 118 cm³/mol. The van der Waals surface area contributed by atoms with Crippen LogP contribution in [-0.2, 0) is 4.74 Å². The topological polar surface area (TPSA) is 21.3 Å². The highest BCUT2D eigenvalue weighted by Gasteiger charge is 2.67. The summed E-state index contributed by atoms with van der Waals surface area (Å²) in [6, 6.07) is 0. The maximum absolute atomic E-state index is 7.01. The summed E-state index contributed by atoms with van der Waals surface area (Å²) < 4.78 is 7.01. The van der Waals surface area contributed by atoms with Crippen molar-refractivity contribution in [1.82, 2.24) is 5.32 Å². The Bertz CT molecular complexity index is 746. The number of fused-ring (bicyclic) bond motifs is 7. The third-order valence-corrected chi connectivity index (χ3v) is 11.1. The molecule has 2 heteroatoms. The van der Waals surface area contributed by atoms with E-state index in [0.29, 0.717) is 22.9 Å². The summed E-state index contributed by atoms with van der Waals surface area (Å²) in [6.07, 6.45) is 18.7. The summed E-state index contributed by atoms with van der Waals surface area (Å²) in [5, 5.41) is 3.90. The summed E-state index contributed by atoms with van der Waals surface area (Å²) in [5.74, 6) is 4.82. The fraction of sp³-hybridized carbons (Fsp3) is 0.852. The highest BCUT2D eigenvalue weighted by atomic mass is 16.5. The van der Waals surface area contributed by atoms with Gasteiger partial charge in [-0.05, 0) is 97.4 Å². The van der Waals surface area contributed by atoms with Crippen LogP contribution in [-0.4, -0.2) is 18.4 Å². The molecule has 0 aromatic carbocycles. The molecule has 0 bridgehead atoms. The van der Waals surface area contributed by atoms with Crippen LogP contribution in [0.15, 0.2) is 23.8 Å². The van der Waals surface area contributed by atoms with E-state index in [9.17, 15) is 0 Å². The third kappa shape index (κ3) is 2.42. The number of allylic oxidation sites excluding steroid dienone is 4. The lowest BCUT2D eigenvalue weighted by molar-refractivity contribution is -0.114. The Balaban J connectivity index is 1.30. The normalized spacial score (nSPS) is 58.3. The molecule has 6 aliphatic rings. The highest BCUT2D eigenvalue weighted by Crippen LogP contribution is 2.69. The van der Waals surface area contributed by atoms with Gasteiger partial charge in [0, 0.05) is 12.5 Å². The first-order valence-corrected chi connectivity index (χ1v) is 12.7. The van der Waals surface area contributed by atoms with Crippen LogP contribution >= 0.6 is 0 Å². The number of nitrogens with one attached hydrogen (secondary N) is 1. The molecule has 0 radical (unpaired) electrons. The van der Waals surface area contributed by atoms with Crippen molar-refractivity contribution in [3.63, 3.8) is 0 Å². The molecule has 2 heterocycles. The fourth-order valence-corrected chi connectivity index (χ4v) is 9.50. The zero-order valence-corrected chi connectivity index (χ0v) is 19.0. The van der Waals surface area contributed by atoms with Crippen LogP contribution in [0.25, 0.3) is 0 Å². The molecule has 6 unspecified atom stereocenters. The number of ether oxygens (including phenoxy) is 1. The van der Waals surface area contributed by atoms with Crippen LogP contribution in [0.3, 0.4) is 0 Å². The lowest BCUT2D eigenvalue weighted by Crippen LogP contribution is -2.56. The molecule has 2 saturated heterocycles. The van der Waals surface area contributed by atoms with Gasteiger partial charge in [0.1, 0.15) is 5.72 Å². The van der Waals surface area contributed by atoms with Crippen LogP contribution in [0, 0.1) is 46.3 Å². The second-order valence-electron chi connectivity index (χ2n) is 12.3. The maximum Gasteiger partial charge on any atom is 0.122 e. The van der Waals surface area contributed by atoms with E-state index in [1.54, 1.807) is 5.57 Å². The first kappa shape index (κ1) is 19.1. The van der Waals surface area contributed by atoms with Gasteiger partial charge in [0.2, 0.25) is 0 Å². The largest absolute Gasteiger partial charge is 0.357 e. The molecule has 1 spiro atoms. The lowest BCUT2D eigenvalue weighted by Gasteiger charge is -2.57. The molecule has 10 atom stereocenters. The van der Waals surface area contributed by atoms with Crippen molar-refractivity contribution >= 4 is 0 Å². The smallest absolute Gasteiger partial charge is 0.122 e. The molecule has 2 nitrogen and oxygen atoms in total. The zero-order valence-electron chi connectivity index (χ0n) is 19.0. The standard InChI is InChI=1S/C27H41NO/c1-17-10-14-27(28-16-17)18(2)24-23(29-27)15-22-20-9-8-19-7-5-6-12-25(19,3)21(20)11-13-26(22,24)4/h5,7-8,17-18,20-24,28H,6,9-16H2,1-4H3/t17?,18-,20?,21?,22?,23?,24?,25-,26-,27+/m0/s1. The van der Waals surface area contributed by atoms with Crippen LogP contribution < -0.4 is 5.32 Å². The van der Waals surface area contributed by atoms with E-state index in [-0.39, 0.29) is 5.72 Å². The molecule has 0 aromatic heterocycles. The minimum atomic E-state index is -0.0214. The number of hydrogen-bond acceptors (Lipinski definition) is 2. The monoisotopic (exact) mass is 395 g/mol. The fourth-order valence-electron chi connectivity index (χ4n) is 9.50. The van der Waals surface area contributed by atoms with Gasteiger partial charge in [-0.2, -0.15) is 0 Å². The van der Waals surface area contributed by atoms with Crippen molar-refractivity contribution in [3.8, 4) is 0 Å². The average Bonchev–Trinajstić information content (AvgIpc) is 3.15. The third-order valence-electron chi connectivity index (χ3n) is 11.1. The van der Waals surface area contributed by atoms with Crippen LogP contribution in [0.1, 0.15) is 79.1 Å². The summed E-state index contributed by atoms with van der Waals surface area (Å²) >= 11 is 0. The van der Waals surface area contributed by atoms with Gasteiger partial charge in [-0.25, -0.2) is 0 Å². The van der Waals surface area contributed by atoms with Crippen LogP contribution in [0.4, 0.5) is 0 Å². The Kier molecular flexibility index (Phi) is 4.10. The molecule has 160 valence electrons. The lowest BCUT2D eigenvalue weighted by atomic mass is 9.47. The van der Waals surface area contributed by atoms with Crippen molar-refractivity contribution in [3.05, 3.63) is 23.8 Å². The zero-order chi connectivity index (χ0) is 20.0. The molecule has 0 aromatic rings. The summed E-state index contributed by atoms with van der Waals surface area (Å²) in [6.45, 7) is 11.3. The van der Waals surface area contributed by atoms with Crippen molar-refractivity contribution < 1.29 is 4.74 Å². The Morgan fingerprint density at radius 3 is 2.72 bits per heavy atom. The molecule has 4 fully saturated rings. The highest BCUT2D eigenvalue weighted by molar-refractivity contribution is 5.34. The first-order chi connectivity index (χ1) is 13.9. The van der Waals surface area contributed by atoms with Crippen LogP contribution in [0.5, 0.6) is 0 Å². The van der Waals surface area contributed by atoms with Gasteiger partial charge >= 0.3 is 0 Å². The van der Waals surface area contributed by atoms with E-state index in [2.05, 4.69) is 51.2 Å². The van der Waals surface area contributed by atoms with Gasteiger partial charge in [0.25, 0.3) is 0 Å². The SMILES string of the molecule is CC1CC[C@@]2(NC1)OC1CC3C4CC=C5C=CCC[C@]5(C)C4CC[C@]3(C)C1[C@@H]2C. The number of rotatable bonds is 0. The molecule has 6 rings (SSSR count). The predicted octanol–water partition coefficient (Wildman–Crippen LogP) is 6.09. The van der Waals surface area contributed by atoms with Crippen molar-refractivity contribution in [2.24, 2.45) is 46.3 Å². The van der Waals surface area contributed by atoms with Crippen LogP contribution in [0.2, 0.25) is 0 Å². The van der Waals surface area contributed by atoms with E-state index in [0.717, 1.165) is 36.1 Å². The first-order valence-electron chi connectivity index (χ1n) is 12.7. The number of piperidine rings is 1. The van der Waals surface area contributed by atoms with Crippen molar-refractivity contribution in [2.75, 3.05) is 6.54 Å². The van der Waals surface area contributed by atoms with Gasteiger partial charge < -0.3 is 4.74 Å². The van der Waals surface area contributed by atoms with E-state index >= 15 is 0 Å². The Morgan fingerprint density at radius 1 is 1.07 bits per heavy atom. The quantitative estimate of drug-likeness (QED) is 0.536. The molecule has 0 amide bonds. The molecule has 29 heavy (non-hydrogen) atoms. The van der Waals surface area contributed by atoms with E-state index in [1.807, 2.05) is 0 Å². The Labute approximate surface area is 177 Å². The van der Waals surface area contributed by atoms with Gasteiger partial charge in [-0.1, -0.05) is 45.9 Å². The van der Waals surface area contributed by atoms with Gasteiger partial charge in [0.15, 0.2) is 0 Å². The van der Waals surface area contributed by atoms with E-state index in [1.165, 1.54) is 51.4 Å². The maximum atomic E-state index is 7.01. The summed E-state index contributed by atoms with van der Waals surface area (Å²) in [4.78, 5) is 0. The second-order valence-corrected chi connectivity index (χ2v) is 12.3. The van der Waals surface area contributed by atoms with Gasteiger partial charge in [0.05, 0.1) is 6.10 Å². The molecular weight excluding hydrogens is 354 g/mol. The van der Waals surface area contributed by atoms with Gasteiger partial charge in [-0.3, -0.25) is 5.32 Å². The molecule has 2 aliphatic heterocycles. The minimum absolute atomic E-state index is 0.0214. The van der Waals surface area contributed by atoms with Crippen molar-refractivity contribution in [2.45, 2.75) is 90.9 Å². The molecule has 4 aliphatic carbocycles. The summed E-state index contributed by atoms with van der Waals surface area (Å²) in [5.41, 5.74) is 2.56. The number of hydrogen-bond donors (Lipinski definition) is 1. The Morgan fingerprint density at radius 2 is 1.93 bits per heavy atom. The average molecular weight is 396 g/mol. The molecule has 1 N–H and O–H groups in total. The Hall–Kier alpha value is -0.600. The second kappa shape index (κ2) is 6.22. The van der Waals surface area contributed by atoms with E-state index < -0.39 is 0 Å². The molecular formula is C27H41NO. The van der Waals surface area contributed by atoms with E-state index in [4.69, 9.17) is 4.74 Å². The van der Waals surface area contributed by atoms with Gasteiger partial charge in [-0.15, -0.1) is 0 Å². The van der Waals surface area contributed by atoms with Crippen molar-refractivity contribution in [1.29, 1.82) is 0 Å². The molecule has 2 saturated carbocycles. The minimum Gasteiger partial charge on any atom is -0.357 e.